The minimum Gasteiger partial charge on any atom is -0.274 e. The maximum Gasteiger partial charge on any atom is 0.233 e. The Labute approximate surface area is 112 Å². The largest absolute Gasteiger partial charge is 0.274 e. The highest BCUT2D eigenvalue weighted by Crippen LogP contribution is 2.27. The lowest BCUT2D eigenvalue weighted by Crippen LogP contribution is -2.35. The number of amides is 2. The number of carbonyl (C=O) groups excluding carboxylic acids is 2. The number of halogens is 2. The van der Waals surface area contributed by atoms with Gasteiger partial charge < -0.3 is 0 Å². The molecule has 1 aliphatic rings. The van der Waals surface area contributed by atoms with Crippen LogP contribution in [-0.4, -0.2) is 11.8 Å². The van der Waals surface area contributed by atoms with Gasteiger partial charge in [0.05, 0.1) is 5.69 Å². The molecule has 0 aliphatic carbocycles. The van der Waals surface area contributed by atoms with Gasteiger partial charge in [-0.05, 0) is 53.6 Å². The first-order valence-electron chi connectivity index (χ1n) is 5.40. The number of nitrogens with zero attached hydrogens (tertiary/aromatic N) is 1. The maximum absolute atomic E-state index is 13.0. The minimum absolute atomic E-state index is 0.197. The van der Waals surface area contributed by atoms with Crippen LogP contribution in [0.3, 0.4) is 0 Å². The van der Waals surface area contributed by atoms with Crippen molar-refractivity contribution in [1.82, 2.24) is 0 Å². The van der Waals surface area contributed by atoms with Crippen LogP contribution >= 0.6 is 22.6 Å². The van der Waals surface area contributed by atoms with Gasteiger partial charge in [0, 0.05) is 16.4 Å². The Balaban J connectivity index is 2.41. The molecule has 0 aromatic heterocycles. The van der Waals surface area contributed by atoms with Gasteiger partial charge in [0.1, 0.15) is 5.82 Å². The van der Waals surface area contributed by atoms with Gasteiger partial charge in [-0.1, -0.05) is 0 Å². The fourth-order valence-corrected chi connectivity index (χ4v) is 2.56. The van der Waals surface area contributed by atoms with Crippen LogP contribution in [0.4, 0.5) is 10.1 Å². The minimum atomic E-state index is -0.368. The zero-order chi connectivity index (χ0) is 12.4. The average molecular weight is 347 g/mol. The maximum atomic E-state index is 13.0. The van der Waals surface area contributed by atoms with E-state index in [2.05, 4.69) is 0 Å². The molecule has 1 saturated heterocycles. The molecule has 0 saturated carbocycles. The third-order valence-electron chi connectivity index (χ3n) is 2.68. The highest BCUT2D eigenvalue weighted by molar-refractivity contribution is 14.1. The van der Waals surface area contributed by atoms with Gasteiger partial charge >= 0.3 is 0 Å². The zero-order valence-electron chi connectivity index (χ0n) is 9.08. The quantitative estimate of drug-likeness (QED) is 0.579. The van der Waals surface area contributed by atoms with E-state index < -0.39 is 0 Å². The van der Waals surface area contributed by atoms with E-state index in [1.165, 1.54) is 23.1 Å². The molecule has 1 aromatic carbocycles. The molecule has 1 aliphatic heterocycles. The molecule has 17 heavy (non-hydrogen) atoms. The summed E-state index contributed by atoms with van der Waals surface area (Å²) in [5.74, 6) is -0.762. The summed E-state index contributed by atoms with van der Waals surface area (Å²) in [5, 5.41) is 0. The van der Waals surface area contributed by atoms with Crippen LogP contribution in [0.5, 0.6) is 0 Å². The average Bonchev–Trinajstić information content (AvgIpc) is 2.42. The summed E-state index contributed by atoms with van der Waals surface area (Å²) in [7, 11) is 0. The van der Waals surface area contributed by atoms with E-state index in [-0.39, 0.29) is 17.6 Å². The third-order valence-corrected chi connectivity index (χ3v) is 3.54. The van der Waals surface area contributed by atoms with Crippen molar-refractivity contribution in [3.8, 4) is 0 Å². The van der Waals surface area contributed by atoms with E-state index in [4.69, 9.17) is 0 Å². The second-order valence-electron chi connectivity index (χ2n) is 3.93. The van der Waals surface area contributed by atoms with Gasteiger partial charge in [-0.25, -0.2) is 9.29 Å². The lowest BCUT2D eigenvalue weighted by Gasteiger charge is -2.20. The summed E-state index contributed by atoms with van der Waals surface area (Å²) in [6, 6.07) is 4.07. The second-order valence-corrected chi connectivity index (χ2v) is 5.09. The smallest absolute Gasteiger partial charge is 0.233 e. The van der Waals surface area contributed by atoms with Crippen LogP contribution in [0.15, 0.2) is 18.2 Å². The van der Waals surface area contributed by atoms with E-state index in [1.54, 1.807) is 0 Å². The lowest BCUT2D eigenvalue weighted by molar-refractivity contribution is -0.125. The van der Waals surface area contributed by atoms with E-state index >= 15 is 0 Å². The topological polar surface area (TPSA) is 37.4 Å². The number of hydrogen-bond donors (Lipinski definition) is 0. The molecule has 5 heteroatoms. The Morgan fingerprint density at radius 3 is 2.24 bits per heavy atom. The molecule has 2 amide bonds. The summed E-state index contributed by atoms with van der Waals surface area (Å²) >= 11 is 1.93. The van der Waals surface area contributed by atoms with Gasteiger partial charge in [0.2, 0.25) is 11.8 Å². The van der Waals surface area contributed by atoms with E-state index in [1.807, 2.05) is 22.6 Å². The van der Waals surface area contributed by atoms with Crippen LogP contribution < -0.4 is 4.90 Å². The van der Waals surface area contributed by atoms with Crippen molar-refractivity contribution in [2.75, 3.05) is 4.90 Å². The SMILES string of the molecule is O=C1CCCCC(=O)N1c1ccc(F)cc1I. The number of benzene rings is 1. The van der Waals surface area contributed by atoms with Crippen molar-refractivity contribution < 1.29 is 14.0 Å². The molecule has 1 fully saturated rings. The third kappa shape index (κ3) is 2.65. The standard InChI is InChI=1S/C12H11FINO2/c13-8-5-6-10(9(14)7-8)15-11(16)3-1-2-4-12(15)17/h5-7H,1-4H2. The summed E-state index contributed by atoms with van der Waals surface area (Å²) in [6.07, 6.45) is 2.22. The van der Waals surface area contributed by atoms with Gasteiger partial charge in [-0.2, -0.15) is 0 Å². The summed E-state index contributed by atoms with van der Waals surface area (Å²) in [5.41, 5.74) is 0.490. The molecular formula is C12H11FINO2. The molecule has 0 atom stereocenters. The van der Waals surface area contributed by atoms with E-state index in [0.717, 1.165) is 12.8 Å². The number of imide groups is 1. The summed E-state index contributed by atoms with van der Waals surface area (Å²) < 4.78 is 13.6. The highest BCUT2D eigenvalue weighted by atomic mass is 127. The number of hydrogen-bond acceptors (Lipinski definition) is 2. The molecule has 90 valence electrons. The van der Waals surface area contributed by atoms with Crippen molar-refractivity contribution in [3.05, 3.63) is 27.6 Å². The first kappa shape index (κ1) is 12.5. The molecule has 0 bridgehead atoms. The Morgan fingerprint density at radius 2 is 1.71 bits per heavy atom. The number of rotatable bonds is 1. The van der Waals surface area contributed by atoms with Gasteiger partial charge in [-0.15, -0.1) is 0 Å². The molecule has 3 nitrogen and oxygen atoms in total. The highest BCUT2D eigenvalue weighted by Gasteiger charge is 2.27. The molecular weight excluding hydrogens is 336 g/mol. The van der Waals surface area contributed by atoms with Crippen LogP contribution in [0, 0.1) is 9.39 Å². The molecule has 1 heterocycles. The van der Waals surface area contributed by atoms with E-state index in [0.29, 0.717) is 22.1 Å². The lowest BCUT2D eigenvalue weighted by atomic mass is 10.2. The van der Waals surface area contributed by atoms with E-state index in [9.17, 15) is 14.0 Å². The number of anilines is 1. The van der Waals surface area contributed by atoms with Crippen molar-refractivity contribution in [2.24, 2.45) is 0 Å². The van der Waals surface area contributed by atoms with Gasteiger partial charge in [0.25, 0.3) is 0 Å². The first-order chi connectivity index (χ1) is 8.09. The van der Waals surface area contributed by atoms with Crippen molar-refractivity contribution in [1.29, 1.82) is 0 Å². The summed E-state index contributed by atoms with van der Waals surface area (Å²) in [6.45, 7) is 0. The monoisotopic (exact) mass is 347 g/mol. The van der Waals surface area contributed by atoms with Crippen LogP contribution in [-0.2, 0) is 9.59 Å². The number of carbonyl (C=O) groups is 2. The molecule has 2 rings (SSSR count). The molecule has 0 N–H and O–H groups in total. The predicted molar refractivity (Wildman–Crippen MR) is 70.1 cm³/mol. The van der Waals surface area contributed by atoms with Crippen molar-refractivity contribution in [3.63, 3.8) is 0 Å². The molecule has 1 aromatic rings. The van der Waals surface area contributed by atoms with Gasteiger partial charge in [0.15, 0.2) is 0 Å². The zero-order valence-corrected chi connectivity index (χ0v) is 11.2. The first-order valence-corrected chi connectivity index (χ1v) is 6.48. The molecule has 0 radical (unpaired) electrons. The fourth-order valence-electron chi connectivity index (χ4n) is 1.85. The Hall–Kier alpha value is -0.980. The fraction of sp³-hybridized carbons (Fsp3) is 0.333. The second kappa shape index (κ2) is 5.12. The van der Waals surface area contributed by atoms with Crippen molar-refractivity contribution >= 4 is 40.1 Å². The van der Waals surface area contributed by atoms with Crippen LogP contribution in [0.2, 0.25) is 0 Å². The predicted octanol–water partition coefficient (Wildman–Crippen LogP) is 2.86. The van der Waals surface area contributed by atoms with Crippen LogP contribution in [0.25, 0.3) is 0 Å². The van der Waals surface area contributed by atoms with Crippen LogP contribution in [0.1, 0.15) is 25.7 Å². The molecule has 0 unspecified atom stereocenters. The Bertz CT molecular complexity index is 458. The van der Waals surface area contributed by atoms with Crippen molar-refractivity contribution in [2.45, 2.75) is 25.7 Å². The normalized spacial score (nSPS) is 17.2. The summed E-state index contributed by atoms with van der Waals surface area (Å²) in [4.78, 5) is 24.9. The Kier molecular flexibility index (Phi) is 3.76. The molecule has 0 spiro atoms. The van der Waals surface area contributed by atoms with Gasteiger partial charge in [-0.3, -0.25) is 9.59 Å². The Morgan fingerprint density at radius 1 is 1.12 bits per heavy atom.